The van der Waals surface area contributed by atoms with Gasteiger partial charge in [0.05, 0.1) is 5.60 Å². The highest BCUT2D eigenvalue weighted by atomic mass is 32.2. The van der Waals surface area contributed by atoms with Crippen molar-refractivity contribution in [2.45, 2.75) is 112 Å². The van der Waals surface area contributed by atoms with Crippen molar-refractivity contribution >= 4 is 29.5 Å². The van der Waals surface area contributed by atoms with Crippen LogP contribution in [0.15, 0.2) is 23.1 Å². The van der Waals surface area contributed by atoms with Crippen LogP contribution in [0.2, 0.25) is 0 Å². The second kappa shape index (κ2) is 10.6. The molecular weight excluding hydrogens is 498 g/mol. The van der Waals surface area contributed by atoms with Gasteiger partial charge in [0.15, 0.2) is 0 Å². The van der Waals surface area contributed by atoms with E-state index in [-0.39, 0.29) is 35.3 Å². The SMILES string of the molecule is O=C1CCC(N2Cc3cc(SCCCCCCCNC45CC6CC(CC(O)(C6)C4)C5)ccc3C2=O)C(=O)N1. The van der Waals surface area contributed by atoms with E-state index in [2.05, 4.69) is 16.7 Å². The van der Waals surface area contributed by atoms with Gasteiger partial charge in [0.1, 0.15) is 6.04 Å². The lowest BCUT2D eigenvalue weighted by Gasteiger charge is -2.60. The van der Waals surface area contributed by atoms with Crippen molar-refractivity contribution in [1.29, 1.82) is 0 Å². The molecule has 3 N–H and O–H groups in total. The van der Waals surface area contributed by atoms with Crippen molar-refractivity contribution in [2.75, 3.05) is 12.3 Å². The summed E-state index contributed by atoms with van der Waals surface area (Å²) >= 11 is 1.84. The Labute approximate surface area is 229 Å². The van der Waals surface area contributed by atoms with Crippen LogP contribution in [0.4, 0.5) is 0 Å². The fraction of sp³-hybridized carbons (Fsp3) is 0.700. The first-order valence-electron chi connectivity index (χ1n) is 14.7. The van der Waals surface area contributed by atoms with Gasteiger partial charge >= 0.3 is 0 Å². The fourth-order valence-electron chi connectivity index (χ4n) is 8.36. The second-order valence-electron chi connectivity index (χ2n) is 12.7. The number of unbranched alkanes of at least 4 members (excludes halogenated alkanes) is 4. The van der Waals surface area contributed by atoms with Gasteiger partial charge in [-0.05, 0) is 106 Å². The van der Waals surface area contributed by atoms with Crippen molar-refractivity contribution in [1.82, 2.24) is 15.5 Å². The number of thioether (sulfide) groups is 1. The molecule has 0 aromatic heterocycles. The lowest BCUT2D eigenvalue weighted by atomic mass is 9.51. The lowest BCUT2D eigenvalue weighted by Crippen LogP contribution is -2.64. The van der Waals surface area contributed by atoms with E-state index in [1.54, 1.807) is 4.90 Å². The van der Waals surface area contributed by atoms with Crippen molar-refractivity contribution < 1.29 is 19.5 Å². The average Bonchev–Trinajstić information content (AvgIpc) is 3.17. The summed E-state index contributed by atoms with van der Waals surface area (Å²) in [5.41, 5.74) is 1.49. The average molecular weight is 540 g/mol. The predicted molar refractivity (Wildman–Crippen MR) is 147 cm³/mol. The number of carbonyl (C=O) groups excluding carboxylic acids is 3. The topological polar surface area (TPSA) is 98.7 Å². The summed E-state index contributed by atoms with van der Waals surface area (Å²) in [6.45, 7) is 1.51. The van der Waals surface area contributed by atoms with Gasteiger partial charge in [0, 0.05) is 29.0 Å². The molecule has 1 saturated heterocycles. The molecule has 2 aliphatic heterocycles. The molecule has 0 spiro atoms. The quantitative estimate of drug-likeness (QED) is 0.222. The van der Waals surface area contributed by atoms with Crippen molar-refractivity contribution in [3.63, 3.8) is 0 Å². The van der Waals surface area contributed by atoms with Crippen LogP contribution in [0.3, 0.4) is 0 Å². The smallest absolute Gasteiger partial charge is 0.255 e. The Morgan fingerprint density at radius 2 is 1.79 bits per heavy atom. The minimum absolute atomic E-state index is 0.111. The maximum atomic E-state index is 12.9. The monoisotopic (exact) mass is 539 g/mol. The van der Waals surface area contributed by atoms with E-state index in [4.69, 9.17) is 0 Å². The highest BCUT2D eigenvalue weighted by molar-refractivity contribution is 7.99. The van der Waals surface area contributed by atoms with Gasteiger partial charge in [-0.15, -0.1) is 11.8 Å². The number of carbonyl (C=O) groups is 3. The number of imide groups is 1. The van der Waals surface area contributed by atoms with Gasteiger partial charge in [-0.3, -0.25) is 19.7 Å². The van der Waals surface area contributed by atoms with Crippen LogP contribution < -0.4 is 10.6 Å². The highest BCUT2D eigenvalue weighted by Gasteiger charge is 2.56. The van der Waals surface area contributed by atoms with E-state index < -0.39 is 6.04 Å². The Hall–Kier alpha value is -1.90. The Bertz CT molecular complexity index is 1090. The summed E-state index contributed by atoms with van der Waals surface area (Å²) in [4.78, 5) is 39.3. The standard InChI is InChI=1S/C30H41N3O4S/c34-26-9-8-25(27(35)32-26)33-18-22-13-23(6-7-24(22)28(33)36)38-11-5-3-1-2-4-10-31-29-14-20-12-21(15-29)17-30(37,16-20)19-29/h6-7,13,20-21,25,31,37H,1-5,8-12,14-19H2,(H,32,34,35). The molecule has 1 aromatic rings. The number of aliphatic hydroxyl groups is 1. The van der Waals surface area contributed by atoms with Gasteiger partial charge in [0.2, 0.25) is 11.8 Å². The summed E-state index contributed by atoms with van der Waals surface area (Å²) in [6.07, 6.45) is 13.7. The van der Waals surface area contributed by atoms with Crippen LogP contribution in [0.25, 0.3) is 0 Å². The minimum atomic E-state index is -0.558. The third-order valence-electron chi connectivity index (χ3n) is 9.62. The van der Waals surface area contributed by atoms with Crippen LogP contribution in [0, 0.1) is 11.8 Å². The van der Waals surface area contributed by atoms with Gasteiger partial charge in [0.25, 0.3) is 5.91 Å². The molecule has 206 valence electrons. The molecule has 2 heterocycles. The molecule has 5 fully saturated rings. The summed E-state index contributed by atoms with van der Waals surface area (Å²) in [6, 6.07) is 5.44. The minimum Gasteiger partial charge on any atom is -0.390 e. The first kappa shape index (κ1) is 26.3. The van der Waals surface area contributed by atoms with Gasteiger partial charge < -0.3 is 15.3 Å². The largest absolute Gasteiger partial charge is 0.390 e. The molecule has 7 nitrogen and oxygen atoms in total. The number of hydrogen-bond donors (Lipinski definition) is 3. The van der Waals surface area contributed by atoms with E-state index in [0.29, 0.717) is 18.5 Å². The molecule has 3 amide bonds. The Balaban J connectivity index is 0.874. The number of piperidine rings is 1. The maximum Gasteiger partial charge on any atom is 0.255 e. The number of nitrogens with zero attached hydrogens (tertiary/aromatic N) is 1. The molecule has 6 aliphatic rings. The van der Waals surface area contributed by atoms with Crippen molar-refractivity contribution in [3.05, 3.63) is 29.3 Å². The van der Waals surface area contributed by atoms with E-state index in [1.165, 1.54) is 56.3 Å². The van der Waals surface area contributed by atoms with Gasteiger partial charge in [-0.2, -0.15) is 0 Å². The van der Waals surface area contributed by atoms with E-state index in [0.717, 1.165) is 49.0 Å². The summed E-state index contributed by atoms with van der Waals surface area (Å²) in [5.74, 6) is 1.80. The number of hydrogen-bond acceptors (Lipinski definition) is 6. The second-order valence-corrected chi connectivity index (χ2v) is 13.9. The number of benzene rings is 1. The molecule has 7 rings (SSSR count). The molecule has 4 saturated carbocycles. The highest BCUT2D eigenvalue weighted by Crippen LogP contribution is 2.57. The number of fused-ring (bicyclic) bond motifs is 1. The summed E-state index contributed by atoms with van der Waals surface area (Å²) < 4.78 is 0. The molecular formula is C30H41N3O4S. The van der Waals surface area contributed by atoms with E-state index in [9.17, 15) is 19.5 Å². The Morgan fingerprint density at radius 3 is 2.55 bits per heavy atom. The predicted octanol–water partition coefficient (Wildman–Crippen LogP) is 4.16. The zero-order valence-electron chi connectivity index (χ0n) is 22.3. The van der Waals surface area contributed by atoms with E-state index >= 15 is 0 Å². The molecule has 4 bridgehead atoms. The Morgan fingerprint density at radius 1 is 1.03 bits per heavy atom. The summed E-state index contributed by atoms with van der Waals surface area (Å²) in [7, 11) is 0. The summed E-state index contributed by atoms with van der Waals surface area (Å²) in [5, 5.41) is 17.2. The van der Waals surface area contributed by atoms with Crippen LogP contribution in [-0.2, 0) is 16.1 Å². The third kappa shape index (κ3) is 5.41. The number of nitrogens with one attached hydrogen (secondary N) is 2. The number of amides is 3. The maximum absolute atomic E-state index is 12.9. The lowest BCUT2D eigenvalue weighted by molar-refractivity contribution is -0.142. The molecule has 4 aliphatic carbocycles. The van der Waals surface area contributed by atoms with Crippen LogP contribution in [0.1, 0.15) is 99.4 Å². The van der Waals surface area contributed by atoms with Crippen LogP contribution in [0.5, 0.6) is 0 Å². The zero-order chi connectivity index (χ0) is 26.3. The normalized spacial score (nSPS) is 33.7. The zero-order valence-corrected chi connectivity index (χ0v) is 23.1. The molecule has 8 heteroatoms. The van der Waals surface area contributed by atoms with Gasteiger partial charge in [-0.25, -0.2) is 0 Å². The molecule has 3 unspecified atom stereocenters. The van der Waals surface area contributed by atoms with Gasteiger partial charge in [-0.1, -0.05) is 19.3 Å². The molecule has 0 radical (unpaired) electrons. The first-order valence-corrected chi connectivity index (χ1v) is 15.7. The van der Waals surface area contributed by atoms with Crippen molar-refractivity contribution in [3.8, 4) is 0 Å². The number of rotatable bonds is 11. The Kier molecular flexibility index (Phi) is 7.33. The fourth-order valence-corrected chi connectivity index (χ4v) is 9.34. The third-order valence-corrected chi connectivity index (χ3v) is 10.7. The molecule has 1 aromatic carbocycles. The van der Waals surface area contributed by atoms with E-state index in [1.807, 2.05) is 23.9 Å². The van der Waals surface area contributed by atoms with Crippen LogP contribution in [-0.4, -0.2) is 57.2 Å². The molecule has 3 atom stereocenters. The van der Waals surface area contributed by atoms with Crippen molar-refractivity contribution in [2.24, 2.45) is 11.8 Å². The first-order chi connectivity index (χ1) is 18.3. The molecule has 38 heavy (non-hydrogen) atoms. The van der Waals surface area contributed by atoms with Crippen LogP contribution >= 0.6 is 11.8 Å².